The molecule has 1 aliphatic heterocycles. The predicted molar refractivity (Wildman–Crippen MR) is 267 cm³/mol. The smallest absolute Gasteiger partial charge is 0.246 e. The second kappa shape index (κ2) is 24.9. The first-order chi connectivity index (χ1) is 33.7. The number of benzene rings is 4. The van der Waals surface area contributed by atoms with E-state index in [4.69, 9.17) is 5.73 Å². The highest BCUT2D eigenvalue weighted by atomic mass is 16.2. The zero-order valence-electron chi connectivity index (χ0n) is 40.4. The van der Waals surface area contributed by atoms with Crippen molar-refractivity contribution in [2.75, 3.05) is 31.5 Å². The van der Waals surface area contributed by atoms with Gasteiger partial charge in [-0.05, 0) is 54.7 Å². The first-order valence-corrected chi connectivity index (χ1v) is 24.3. The summed E-state index contributed by atoms with van der Waals surface area (Å²) < 4.78 is 0. The molecule has 70 heavy (non-hydrogen) atoms. The van der Waals surface area contributed by atoms with E-state index in [0.29, 0.717) is 73.1 Å². The van der Waals surface area contributed by atoms with Gasteiger partial charge in [0.2, 0.25) is 35.4 Å². The minimum atomic E-state index is -1.07. The van der Waals surface area contributed by atoms with Crippen molar-refractivity contribution in [3.63, 3.8) is 0 Å². The Morgan fingerprint density at radius 3 is 1.93 bits per heavy atom. The van der Waals surface area contributed by atoms with Crippen molar-refractivity contribution in [1.82, 2.24) is 31.5 Å². The molecule has 16 nitrogen and oxygen atoms in total. The third-order valence-corrected chi connectivity index (χ3v) is 12.9. The van der Waals surface area contributed by atoms with Gasteiger partial charge >= 0.3 is 0 Å². The molecule has 0 bridgehead atoms. The maximum Gasteiger partial charge on any atom is 0.246 e. The van der Waals surface area contributed by atoms with E-state index in [9.17, 15) is 38.4 Å². The van der Waals surface area contributed by atoms with Gasteiger partial charge < -0.3 is 42.5 Å². The molecule has 16 heteroatoms. The first kappa shape index (κ1) is 52.2. The molecule has 1 aliphatic carbocycles. The van der Waals surface area contributed by atoms with E-state index in [1.54, 1.807) is 49.4 Å². The van der Waals surface area contributed by atoms with Crippen molar-refractivity contribution in [3.05, 3.63) is 137 Å². The standard InChI is InChI=1S/C54H66N8O8/c1-5-34(4)47(61-51(67)42(30-35-17-8-6-9-18-35)60-50(66)40(55)29-33(2)3)53(69)58-32-45(63)59-43(31-36-19-10-7-11-20-36)54(70)62-28-15-25-44(62)52(68)57-27-16-26-56-41-24-14-23-39-46(41)49(65)38-22-13-12-21-37(38)48(39)64/h6-14,17-24,33-34,40,42-44,47,56H,5,15-16,25-32,55H2,1-4H3,(H,57,68)(H,58,69)(H,59,63)(H,60,66)(H,61,67)/t34-,40-,42-,43-,44-,47-/m0/s1. The Hall–Kier alpha value is -7.20. The number of ketones is 2. The van der Waals surface area contributed by atoms with Gasteiger partial charge in [0.25, 0.3) is 0 Å². The number of rotatable bonds is 23. The van der Waals surface area contributed by atoms with Crippen LogP contribution in [0.3, 0.4) is 0 Å². The van der Waals surface area contributed by atoms with Gasteiger partial charge in [0.15, 0.2) is 11.6 Å². The van der Waals surface area contributed by atoms with Gasteiger partial charge in [-0.1, -0.05) is 131 Å². The molecule has 0 radical (unpaired) electrons. The Balaban J connectivity index is 1.05. The molecule has 4 aromatic carbocycles. The van der Waals surface area contributed by atoms with Crippen LogP contribution in [0.2, 0.25) is 0 Å². The molecule has 6 rings (SSSR count). The summed E-state index contributed by atoms with van der Waals surface area (Å²) in [6.45, 7) is 8.01. The lowest BCUT2D eigenvalue weighted by molar-refractivity contribution is -0.141. The molecule has 1 saturated heterocycles. The molecule has 0 aromatic heterocycles. The van der Waals surface area contributed by atoms with Crippen LogP contribution in [-0.2, 0) is 41.6 Å². The lowest BCUT2D eigenvalue weighted by Gasteiger charge is -2.29. The largest absolute Gasteiger partial charge is 0.384 e. The topological polar surface area (TPSA) is 238 Å². The first-order valence-electron chi connectivity index (χ1n) is 24.3. The van der Waals surface area contributed by atoms with Crippen molar-refractivity contribution in [2.45, 2.75) is 103 Å². The number of likely N-dealkylation sites (tertiary alicyclic amines) is 1. The number of nitrogens with zero attached hydrogens (tertiary/aromatic N) is 1. The van der Waals surface area contributed by atoms with Gasteiger partial charge in [0.1, 0.15) is 24.2 Å². The van der Waals surface area contributed by atoms with E-state index >= 15 is 0 Å². The number of nitrogens with one attached hydrogen (secondary N) is 6. The fourth-order valence-corrected chi connectivity index (χ4v) is 8.92. The van der Waals surface area contributed by atoms with Crippen LogP contribution in [0.1, 0.15) is 103 Å². The number of anilines is 1. The number of hydrogen-bond acceptors (Lipinski definition) is 10. The molecular weight excluding hydrogens is 889 g/mol. The van der Waals surface area contributed by atoms with Crippen molar-refractivity contribution < 1.29 is 38.4 Å². The molecular formula is C54H66N8O8. The lowest BCUT2D eigenvalue weighted by Crippen LogP contribution is -2.59. The summed E-state index contributed by atoms with van der Waals surface area (Å²) in [5.74, 6) is -3.76. The zero-order chi connectivity index (χ0) is 50.3. The van der Waals surface area contributed by atoms with E-state index in [1.807, 2.05) is 81.4 Å². The molecule has 1 heterocycles. The lowest BCUT2D eigenvalue weighted by atomic mass is 9.83. The molecule has 0 unspecified atom stereocenters. The summed E-state index contributed by atoms with van der Waals surface area (Å²) >= 11 is 0. The molecule has 8 N–H and O–H groups in total. The summed E-state index contributed by atoms with van der Waals surface area (Å²) in [6.07, 6.45) is 2.68. The SMILES string of the molecule is CC[C@H](C)[C@H](NC(=O)[C@H](Cc1ccccc1)NC(=O)[C@@H](N)CC(C)C)C(=O)NCC(=O)N[C@@H](Cc1ccccc1)C(=O)N1CCC[C@H]1C(=O)NCCCNc1cccc2c1C(=O)c1ccccc1C2=O. The van der Waals surface area contributed by atoms with Crippen molar-refractivity contribution in [3.8, 4) is 0 Å². The van der Waals surface area contributed by atoms with E-state index in [2.05, 4.69) is 31.9 Å². The Morgan fingerprint density at radius 1 is 0.671 bits per heavy atom. The number of carbonyl (C=O) groups excluding carboxylic acids is 8. The average Bonchev–Trinajstić information content (AvgIpc) is 3.86. The number of amides is 6. The Kier molecular flexibility index (Phi) is 18.6. The number of nitrogens with two attached hydrogens (primary N) is 1. The van der Waals surface area contributed by atoms with Gasteiger partial charge in [-0.15, -0.1) is 0 Å². The van der Waals surface area contributed by atoms with Crippen LogP contribution in [0, 0.1) is 11.8 Å². The van der Waals surface area contributed by atoms with Crippen LogP contribution in [0.5, 0.6) is 0 Å². The van der Waals surface area contributed by atoms with Crippen LogP contribution in [0.25, 0.3) is 0 Å². The second-order valence-electron chi connectivity index (χ2n) is 18.6. The summed E-state index contributed by atoms with van der Waals surface area (Å²) in [4.78, 5) is 111. The van der Waals surface area contributed by atoms with E-state index in [0.717, 1.165) is 11.1 Å². The van der Waals surface area contributed by atoms with Gasteiger partial charge in [-0.3, -0.25) is 38.4 Å². The summed E-state index contributed by atoms with van der Waals surface area (Å²) in [5, 5.41) is 17.3. The van der Waals surface area contributed by atoms with Crippen LogP contribution in [-0.4, -0.2) is 108 Å². The highest BCUT2D eigenvalue weighted by Crippen LogP contribution is 2.32. The van der Waals surface area contributed by atoms with Gasteiger partial charge in [0, 0.05) is 54.9 Å². The highest BCUT2D eigenvalue weighted by Gasteiger charge is 2.38. The van der Waals surface area contributed by atoms with Gasteiger partial charge in [-0.2, -0.15) is 0 Å². The average molecular weight is 955 g/mol. The van der Waals surface area contributed by atoms with E-state index in [1.165, 1.54) is 4.90 Å². The van der Waals surface area contributed by atoms with Gasteiger partial charge in [0.05, 0.1) is 18.2 Å². The maximum atomic E-state index is 14.3. The van der Waals surface area contributed by atoms with Crippen LogP contribution < -0.4 is 37.6 Å². The molecule has 6 amide bonds. The van der Waals surface area contributed by atoms with Crippen molar-refractivity contribution >= 4 is 52.7 Å². The van der Waals surface area contributed by atoms with Crippen molar-refractivity contribution in [2.24, 2.45) is 17.6 Å². The predicted octanol–water partition coefficient (Wildman–Crippen LogP) is 3.85. The van der Waals surface area contributed by atoms with Crippen LogP contribution in [0.15, 0.2) is 103 Å². The second-order valence-corrected chi connectivity index (χ2v) is 18.6. The summed E-state index contributed by atoms with van der Waals surface area (Å²) in [5.41, 5.74) is 9.67. The van der Waals surface area contributed by atoms with Crippen LogP contribution in [0.4, 0.5) is 5.69 Å². The van der Waals surface area contributed by atoms with E-state index in [-0.39, 0.29) is 48.7 Å². The normalized spacial score (nSPS) is 16.1. The third kappa shape index (κ3) is 13.5. The van der Waals surface area contributed by atoms with E-state index < -0.39 is 66.3 Å². The molecule has 0 spiro atoms. The minimum absolute atomic E-state index is 0.125. The molecule has 4 aromatic rings. The Bertz CT molecular complexity index is 2520. The Labute approximate surface area is 409 Å². The number of hydrogen-bond donors (Lipinski definition) is 7. The monoisotopic (exact) mass is 955 g/mol. The minimum Gasteiger partial charge on any atom is -0.384 e. The summed E-state index contributed by atoms with van der Waals surface area (Å²) in [7, 11) is 0. The highest BCUT2D eigenvalue weighted by molar-refractivity contribution is 6.30. The number of carbonyl (C=O) groups is 8. The fraction of sp³-hybridized carbons (Fsp3) is 0.407. The van der Waals surface area contributed by atoms with Gasteiger partial charge in [-0.25, -0.2) is 0 Å². The molecule has 1 fully saturated rings. The quantitative estimate of drug-likeness (QED) is 0.0467. The van der Waals surface area contributed by atoms with Crippen molar-refractivity contribution in [1.29, 1.82) is 0 Å². The van der Waals surface area contributed by atoms with Crippen LogP contribution >= 0.6 is 0 Å². The fourth-order valence-electron chi connectivity index (χ4n) is 8.92. The molecule has 6 atom stereocenters. The molecule has 2 aliphatic rings. The Morgan fingerprint density at radius 2 is 1.29 bits per heavy atom. The zero-order valence-corrected chi connectivity index (χ0v) is 40.4. The third-order valence-electron chi connectivity index (χ3n) is 12.9. The summed E-state index contributed by atoms with van der Waals surface area (Å²) in [6, 6.07) is 25.4. The molecule has 370 valence electrons. The number of fused-ring (bicyclic) bond motifs is 2. The molecule has 0 saturated carbocycles. The maximum absolute atomic E-state index is 14.3.